The van der Waals surface area contributed by atoms with Crippen molar-refractivity contribution < 1.29 is 14.3 Å². The third-order valence-corrected chi connectivity index (χ3v) is 4.06. The van der Waals surface area contributed by atoms with Crippen LogP contribution in [0.15, 0.2) is 12.1 Å². The van der Waals surface area contributed by atoms with Crippen LogP contribution in [0.5, 0.6) is 0 Å². The summed E-state index contributed by atoms with van der Waals surface area (Å²) in [6, 6.07) is 3.42. The number of nitrogens with two attached hydrogens (primary N) is 1. The van der Waals surface area contributed by atoms with E-state index in [-0.39, 0.29) is 12.1 Å². The summed E-state index contributed by atoms with van der Waals surface area (Å²) in [5.41, 5.74) is 7.29. The Morgan fingerprint density at radius 3 is 2.86 bits per heavy atom. The van der Waals surface area contributed by atoms with Crippen LogP contribution in [0.1, 0.15) is 30.6 Å². The first-order chi connectivity index (χ1) is 9.95. The Balaban J connectivity index is 2.43. The Labute approximate surface area is 130 Å². The molecule has 2 unspecified atom stereocenters. The van der Waals surface area contributed by atoms with E-state index >= 15 is 0 Å². The molecule has 0 bridgehead atoms. The van der Waals surface area contributed by atoms with Gasteiger partial charge in [0.2, 0.25) is 0 Å². The quantitative estimate of drug-likeness (QED) is 0.684. The maximum absolute atomic E-state index is 12.2. The van der Waals surface area contributed by atoms with E-state index in [0.717, 1.165) is 6.42 Å². The van der Waals surface area contributed by atoms with Crippen LogP contribution in [-0.4, -0.2) is 38.4 Å². The summed E-state index contributed by atoms with van der Waals surface area (Å²) in [5.74, 6) is -0.417. The Kier molecular flexibility index (Phi) is 4.96. The Bertz CT molecular complexity index is 536. The van der Waals surface area contributed by atoms with Crippen molar-refractivity contribution in [3.63, 3.8) is 0 Å². The summed E-state index contributed by atoms with van der Waals surface area (Å²) in [6.07, 6.45) is 0.972. The number of benzene rings is 1. The topological polar surface area (TPSA) is 64.8 Å². The van der Waals surface area contributed by atoms with Gasteiger partial charge in [-0.05, 0) is 32.4 Å². The van der Waals surface area contributed by atoms with Crippen molar-refractivity contribution in [2.45, 2.75) is 32.4 Å². The largest absolute Gasteiger partial charge is 0.462 e. The molecule has 1 aliphatic heterocycles. The molecule has 0 saturated carbocycles. The summed E-state index contributed by atoms with van der Waals surface area (Å²) in [4.78, 5) is 14.2. The summed E-state index contributed by atoms with van der Waals surface area (Å²) >= 11 is 6.33. The molecular formula is C15H21ClN2O3. The normalized spacial score (nSPS) is 21.3. The minimum atomic E-state index is -0.417. The highest BCUT2D eigenvalue weighted by molar-refractivity contribution is 6.34. The van der Waals surface area contributed by atoms with Gasteiger partial charge >= 0.3 is 5.97 Å². The van der Waals surface area contributed by atoms with Gasteiger partial charge in [0.05, 0.1) is 35.0 Å². The molecule has 1 aromatic carbocycles. The number of hydrogen-bond acceptors (Lipinski definition) is 5. The predicted molar refractivity (Wildman–Crippen MR) is 84.0 cm³/mol. The van der Waals surface area contributed by atoms with Crippen LogP contribution in [0, 0.1) is 0 Å². The molecule has 1 saturated heterocycles. The number of carbonyl (C=O) groups is 1. The van der Waals surface area contributed by atoms with Crippen molar-refractivity contribution in [1.82, 2.24) is 0 Å². The van der Waals surface area contributed by atoms with Gasteiger partial charge in [-0.3, -0.25) is 0 Å². The molecule has 2 N–H and O–H groups in total. The molecule has 0 spiro atoms. The fraction of sp³-hybridized carbons (Fsp3) is 0.533. The molecule has 2 atom stereocenters. The van der Waals surface area contributed by atoms with Crippen LogP contribution in [0.4, 0.5) is 11.4 Å². The second kappa shape index (κ2) is 6.54. The van der Waals surface area contributed by atoms with Gasteiger partial charge in [0, 0.05) is 19.3 Å². The van der Waals surface area contributed by atoms with Crippen molar-refractivity contribution in [2.24, 2.45) is 0 Å². The first-order valence-corrected chi connectivity index (χ1v) is 7.44. The smallest absolute Gasteiger partial charge is 0.340 e. The molecular weight excluding hydrogens is 292 g/mol. The van der Waals surface area contributed by atoms with E-state index in [4.69, 9.17) is 26.8 Å². The van der Waals surface area contributed by atoms with Crippen molar-refractivity contribution in [1.29, 1.82) is 0 Å². The minimum absolute atomic E-state index is 0.0821. The number of nitrogen functional groups attached to an aromatic ring is 1. The number of carbonyl (C=O) groups excluding carboxylic acids is 1. The van der Waals surface area contributed by atoms with E-state index in [1.807, 2.05) is 18.9 Å². The van der Waals surface area contributed by atoms with Gasteiger partial charge in [-0.1, -0.05) is 11.6 Å². The first kappa shape index (κ1) is 15.9. The molecule has 116 valence electrons. The lowest BCUT2D eigenvalue weighted by Crippen LogP contribution is -2.38. The minimum Gasteiger partial charge on any atom is -0.462 e. The lowest BCUT2D eigenvalue weighted by atomic mass is 10.1. The van der Waals surface area contributed by atoms with Gasteiger partial charge in [0.25, 0.3) is 0 Å². The fourth-order valence-corrected chi connectivity index (χ4v) is 3.10. The highest BCUT2D eigenvalue weighted by atomic mass is 35.5. The van der Waals surface area contributed by atoms with E-state index < -0.39 is 5.97 Å². The molecule has 0 radical (unpaired) electrons. The van der Waals surface area contributed by atoms with Crippen LogP contribution in [0.3, 0.4) is 0 Å². The van der Waals surface area contributed by atoms with E-state index in [1.165, 1.54) is 0 Å². The summed E-state index contributed by atoms with van der Waals surface area (Å²) < 4.78 is 10.7. The SMILES string of the molecule is CCOC(=O)c1cc(N)cc(Cl)c1N(C)C1CCOC1C. The summed E-state index contributed by atoms with van der Waals surface area (Å²) in [5, 5.41) is 0.444. The number of likely N-dealkylation sites (N-methyl/N-ethyl adjacent to an activating group) is 1. The molecule has 2 rings (SSSR count). The zero-order valence-electron chi connectivity index (χ0n) is 12.6. The Morgan fingerprint density at radius 2 is 2.29 bits per heavy atom. The van der Waals surface area contributed by atoms with Crippen LogP contribution in [0.25, 0.3) is 0 Å². The van der Waals surface area contributed by atoms with Gasteiger partial charge < -0.3 is 20.1 Å². The third-order valence-electron chi connectivity index (χ3n) is 3.77. The van der Waals surface area contributed by atoms with E-state index in [1.54, 1.807) is 19.1 Å². The lowest BCUT2D eigenvalue weighted by Gasteiger charge is -2.31. The maximum atomic E-state index is 12.2. The number of halogens is 1. The van der Waals surface area contributed by atoms with Gasteiger partial charge in [-0.15, -0.1) is 0 Å². The predicted octanol–water partition coefficient (Wildman–Crippen LogP) is 2.71. The summed E-state index contributed by atoms with van der Waals surface area (Å²) in [7, 11) is 1.91. The number of anilines is 2. The van der Waals surface area contributed by atoms with Crippen LogP contribution < -0.4 is 10.6 Å². The van der Waals surface area contributed by atoms with E-state index in [0.29, 0.717) is 35.2 Å². The second-order valence-electron chi connectivity index (χ2n) is 5.16. The number of nitrogens with zero attached hydrogens (tertiary/aromatic N) is 1. The zero-order valence-corrected chi connectivity index (χ0v) is 13.3. The molecule has 0 aromatic heterocycles. The maximum Gasteiger partial charge on any atom is 0.340 e. The molecule has 1 aliphatic rings. The highest BCUT2D eigenvalue weighted by Gasteiger charge is 2.31. The first-order valence-electron chi connectivity index (χ1n) is 7.06. The van der Waals surface area contributed by atoms with Gasteiger partial charge in [-0.2, -0.15) is 0 Å². The van der Waals surface area contributed by atoms with Gasteiger partial charge in [0.15, 0.2) is 0 Å². The average molecular weight is 313 g/mol. The number of ether oxygens (including phenoxy) is 2. The molecule has 1 aromatic rings. The van der Waals surface area contributed by atoms with Crippen LogP contribution >= 0.6 is 11.6 Å². The molecule has 5 nitrogen and oxygen atoms in total. The summed E-state index contributed by atoms with van der Waals surface area (Å²) in [6.45, 7) is 4.79. The molecule has 1 fully saturated rings. The van der Waals surface area contributed by atoms with Gasteiger partial charge in [0.1, 0.15) is 0 Å². The lowest BCUT2D eigenvalue weighted by molar-refractivity contribution is 0.0526. The molecule has 21 heavy (non-hydrogen) atoms. The average Bonchev–Trinajstić information content (AvgIpc) is 2.83. The van der Waals surface area contributed by atoms with E-state index in [9.17, 15) is 4.79 Å². The van der Waals surface area contributed by atoms with Crippen molar-refractivity contribution in [2.75, 3.05) is 30.9 Å². The van der Waals surface area contributed by atoms with Crippen LogP contribution in [0.2, 0.25) is 5.02 Å². The van der Waals surface area contributed by atoms with Crippen LogP contribution in [-0.2, 0) is 9.47 Å². The zero-order chi connectivity index (χ0) is 15.6. The van der Waals surface area contributed by atoms with E-state index in [2.05, 4.69) is 0 Å². The standard InChI is InChI=1S/C15H21ClN2O3/c1-4-20-15(19)11-7-10(17)8-12(16)14(11)18(3)13-5-6-21-9(13)2/h7-9,13H,4-6,17H2,1-3H3. The Hall–Kier alpha value is -1.46. The monoisotopic (exact) mass is 312 g/mol. The van der Waals surface area contributed by atoms with Crippen molar-refractivity contribution in [3.8, 4) is 0 Å². The number of rotatable bonds is 4. The van der Waals surface area contributed by atoms with Crippen molar-refractivity contribution >= 4 is 28.9 Å². The molecule has 1 heterocycles. The fourth-order valence-electron chi connectivity index (χ4n) is 2.74. The highest BCUT2D eigenvalue weighted by Crippen LogP contribution is 2.35. The van der Waals surface area contributed by atoms with Gasteiger partial charge in [-0.25, -0.2) is 4.79 Å². The number of hydrogen-bond donors (Lipinski definition) is 1. The molecule has 0 amide bonds. The molecule has 0 aliphatic carbocycles. The molecule has 6 heteroatoms. The third kappa shape index (κ3) is 3.24. The van der Waals surface area contributed by atoms with Crippen molar-refractivity contribution in [3.05, 3.63) is 22.7 Å². The number of esters is 1. The second-order valence-corrected chi connectivity index (χ2v) is 5.57. The Morgan fingerprint density at radius 1 is 1.57 bits per heavy atom.